The van der Waals surface area contributed by atoms with Gasteiger partial charge in [-0.1, -0.05) is 23.9 Å². The molecule has 1 fully saturated rings. The number of β-lactam (4-membered cyclic amide) rings is 1. The Morgan fingerprint density at radius 3 is 2.71 bits per heavy atom. The first-order valence-corrected chi connectivity index (χ1v) is 7.92. The maximum Gasteiger partial charge on any atom is 0.512 e. The van der Waals surface area contributed by atoms with E-state index in [4.69, 9.17) is 15.6 Å². The van der Waals surface area contributed by atoms with Crippen molar-refractivity contribution in [1.29, 1.82) is 0 Å². The van der Waals surface area contributed by atoms with Crippen LogP contribution in [-0.2, 0) is 9.53 Å². The Morgan fingerprint density at radius 1 is 1.42 bits per heavy atom. The lowest BCUT2D eigenvalue weighted by Crippen LogP contribution is -2.60. The van der Waals surface area contributed by atoms with Crippen LogP contribution in [0.3, 0.4) is 0 Å². The summed E-state index contributed by atoms with van der Waals surface area (Å²) in [5, 5.41) is 18.2. The predicted molar refractivity (Wildman–Crippen MR) is 84.4 cm³/mol. The highest BCUT2D eigenvalue weighted by atomic mass is 32.2. The number of hydrogen-bond donors (Lipinski definition) is 3. The number of ether oxygens (including phenoxy) is 1. The quantitative estimate of drug-likeness (QED) is 0.546. The molecule has 0 aromatic heterocycles. The highest BCUT2D eigenvalue weighted by Gasteiger charge is 2.57. The molecule has 3 rings (SSSR count). The summed E-state index contributed by atoms with van der Waals surface area (Å²) in [5.74, 6) is -1.78. The van der Waals surface area contributed by atoms with Crippen molar-refractivity contribution in [1.82, 2.24) is 4.90 Å². The van der Waals surface area contributed by atoms with E-state index in [1.165, 1.54) is 35.7 Å². The summed E-state index contributed by atoms with van der Waals surface area (Å²) in [7, 11) is 0. The number of hydrogen-bond acceptors (Lipinski definition) is 6. The zero-order chi connectivity index (χ0) is 17.6. The van der Waals surface area contributed by atoms with Crippen LogP contribution in [0.2, 0.25) is 0 Å². The largest absolute Gasteiger partial charge is 0.512 e. The van der Waals surface area contributed by atoms with Crippen molar-refractivity contribution < 1.29 is 29.3 Å². The Morgan fingerprint density at radius 2 is 2.12 bits per heavy atom. The minimum absolute atomic E-state index is 0.110. The average molecular weight is 350 g/mol. The molecular formula is C15H14N2O6S. The van der Waals surface area contributed by atoms with Crippen molar-refractivity contribution in [2.75, 3.05) is 0 Å². The van der Waals surface area contributed by atoms with E-state index in [1.807, 2.05) is 0 Å². The van der Waals surface area contributed by atoms with E-state index >= 15 is 0 Å². The smallest absolute Gasteiger partial charge is 0.449 e. The first-order valence-electron chi connectivity index (χ1n) is 7.04. The minimum Gasteiger partial charge on any atom is -0.449 e. The van der Waals surface area contributed by atoms with Crippen LogP contribution in [0.25, 0.3) is 4.91 Å². The number of primary amides is 1. The van der Waals surface area contributed by atoms with Gasteiger partial charge in [0.1, 0.15) is 5.37 Å². The molecule has 8 nitrogen and oxygen atoms in total. The second-order valence-corrected chi connectivity index (χ2v) is 6.56. The van der Waals surface area contributed by atoms with Crippen LogP contribution in [0.1, 0.15) is 22.8 Å². The Hall–Kier alpha value is -2.52. The molecule has 2 aliphatic heterocycles. The molecule has 3 atom stereocenters. The van der Waals surface area contributed by atoms with Gasteiger partial charge in [-0.25, -0.2) is 4.79 Å². The Labute approximate surface area is 140 Å². The third kappa shape index (κ3) is 2.51. The molecule has 1 saturated heterocycles. The molecule has 4 N–H and O–H groups in total. The second-order valence-electron chi connectivity index (χ2n) is 5.43. The molecule has 1 aromatic carbocycles. The fourth-order valence-electron chi connectivity index (χ4n) is 2.74. The predicted octanol–water partition coefficient (Wildman–Crippen LogP) is 1.02. The summed E-state index contributed by atoms with van der Waals surface area (Å²) >= 11 is 1.21. The number of fused-ring (bicyclic) bond motifs is 1. The maximum absolute atomic E-state index is 12.2. The van der Waals surface area contributed by atoms with Crippen molar-refractivity contribution in [2.45, 2.75) is 18.4 Å². The van der Waals surface area contributed by atoms with Crippen molar-refractivity contribution in [2.24, 2.45) is 11.7 Å². The molecule has 0 spiro atoms. The van der Waals surface area contributed by atoms with Gasteiger partial charge in [0, 0.05) is 5.56 Å². The summed E-state index contributed by atoms with van der Waals surface area (Å²) in [6.45, 7) is 1.50. The van der Waals surface area contributed by atoms with Crippen LogP contribution in [0, 0.1) is 5.92 Å². The average Bonchev–Trinajstić information content (AvgIpc) is 2.80. The van der Waals surface area contributed by atoms with Crippen LogP contribution < -0.4 is 5.73 Å². The van der Waals surface area contributed by atoms with Crippen LogP contribution >= 0.6 is 11.8 Å². The maximum atomic E-state index is 12.2. The van der Waals surface area contributed by atoms with Crippen molar-refractivity contribution >= 4 is 34.6 Å². The molecule has 2 amide bonds. The molecule has 9 heteroatoms. The normalized spacial score (nSPS) is 23.6. The van der Waals surface area contributed by atoms with Gasteiger partial charge >= 0.3 is 6.16 Å². The number of rotatable bonds is 4. The van der Waals surface area contributed by atoms with Gasteiger partial charge in [-0.3, -0.25) is 14.5 Å². The Bertz CT molecular complexity index is 775. The van der Waals surface area contributed by atoms with Gasteiger partial charge in [-0.2, -0.15) is 0 Å². The number of benzene rings is 1. The monoisotopic (exact) mass is 350 g/mol. The van der Waals surface area contributed by atoms with E-state index in [0.717, 1.165) is 0 Å². The summed E-state index contributed by atoms with van der Waals surface area (Å²) in [5.41, 5.74) is 6.03. The summed E-state index contributed by atoms with van der Waals surface area (Å²) < 4.78 is 4.79. The van der Waals surface area contributed by atoms with Gasteiger partial charge in [0.15, 0.2) is 0 Å². The number of carboxylic acid groups (broad SMARTS) is 1. The molecule has 0 bridgehead atoms. The van der Waals surface area contributed by atoms with E-state index in [9.17, 15) is 19.5 Å². The molecule has 126 valence electrons. The Balaban J connectivity index is 2.03. The van der Waals surface area contributed by atoms with Crippen LogP contribution in [0.4, 0.5) is 4.79 Å². The highest BCUT2D eigenvalue weighted by Crippen LogP contribution is 2.53. The topological polar surface area (TPSA) is 130 Å². The van der Waals surface area contributed by atoms with Crippen molar-refractivity contribution in [3.63, 3.8) is 0 Å². The van der Waals surface area contributed by atoms with Crippen molar-refractivity contribution in [3.05, 3.63) is 41.3 Å². The summed E-state index contributed by atoms with van der Waals surface area (Å²) in [4.78, 5) is 36.1. The number of amides is 2. The fraction of sp³-hybridized carbons (Fsp3) is 0.267. The van der Waals surface area contributed by atoms with Gasteiger partial charge in [0.25, 0.3) is 0 Å². The molecule has 2 heterocycles. The molecule has 0 aliphatic carbocycles. The number of carbonyl (C=O) groups excluding carboxylic acids is 2. The molecule has 0 radical (unpaired) electrons. The van der Waals surface area contributed by atoms with E-state index in [-0.39, 0.29) is 11.4 Å². The first-order chi connectivity index (χ1) is 11.3. The number of carbonyl (C=O) groups is 3. The van der Waals surface area contributed by atoms with Crippen LogP contribution in [0.5, 0.6) is 0 Å². The minimum atomic E-state index is -1.55. The number of nitrogens with two attached hydrogens (primary N) is 1. The highest BCUT2D eigenvalue weighted by molar-refractivity contribution is 8.09. The number of aliphatic hydroxyl groups excluding tert-OH is 1. The third-order valence-corrected chi connectivity index (χ3v) is 5.24. The van der Waals surface area contributed by atoms with E-state index in [0.29, 0.717) is 10.5 Å². The number of aliphatic hydroxyl groups is 1. The van der Waals surface area contributed by atoms with Gasteiger partial charge in [0.05, 0.1) is 16.9 Å². The second kappa shape index (κ2) is 5.84. The third-order valence-electron chi connectivity index (χ3n) is 3.85. The van der Waals surface area contributed by atoms with Gasteiger partial charge in [0.2, 0.25) is 17.7 Å². The first kappa shape index (κ1) is 16.3. The van der Waals surface area contributed by atoms with Crippen LogP contribution in [-0.4, -0.2) is 44.6 Å². The van der Waals surface area contributed by atoms with E-state index in [1.54, 1.807) is 12.1 Å². The van der Waals surface area contributed by atoms with E-state index < -0.39 is 35.4 Å². The van der Waals surface area contributed by atoms with E-state index in [2.05, 4.69) is 0 Å². The molecular weight excluding hydrogens is 336 g/mol. The fourth-order valence-corrected chi connectivity index (χ4v) is 4.28. The summed E-state index contributed by atoms with van der Waals surface area (Å²) in [6.07, 6.45) is -2.42. The van der Waals surface area contributed by atoms with Crippen molar-refractivity contribution in [3.8, 4) is 0 Å². The lowest BCUT2D eigenvalue weighted by molar-refractivity contribution is -0.155. The standard InChI is InChI=1S/C15H14N2O6S/c1-6(18)9-12(20)17-13(23-15(21)22)10(24-14(9)17)7-3-2-4-8(5-7)11(16)19/h2-6,9,14,18H,1H3,(H2,16,19)(H,21,22)/t6-,9+,14-/m1/s1. The van der Waals surface area contributed by atoms with Gasteiger partial charge in [-0.15, -0.1) is 0 Å². The number of nitrogens with zero attached hydrogens (tertiary/aromatic N) is 1. The molecule has 1 aromatic rings. The Kier molecular flexibility index (Phi) is 3.98. The summed E-state index contributed by atoms with van der Waals surface area (Å²) in [6, 6.07) is 6.30. The SMILES string of the molecule is C[C@@H](O)[C@H]1C(=O)N2C(OC(=O)O)=C(c3cccc(C(N)=O)c3)S[C@H]12. The lowest BCUT2D eigenvalue weighted by atomic mass is 9.93. The zero-order valence-electron chi connectivity index (χ0n) is 12.5. The van der Waals surface area contributed by atoms with Gasteiger partial charge in [-0.05, 0) is 24.6 Å². The molecule has 24 heavy (non-hydrogen) atoms. The molecule has 0 saturated carbocycles. The molecule has 0 unspecified atom stereocenters. The van der Waals surface area contributed by atoms with Gasteiger partial charge < -0.3 is 20.7 Å². The molecule has 2 aliphatic rings. The van der Waals surface area contributed by atoms with Crippen LogP contribution in [0.15, 0.2) is 30.1 Å². The lowest BCUT2D eigenvalue weighted by Gasteiger charge is -2.43. The zero-order valence-corrected chi connectivity index (χ0v) is 13.3. The number of thioether (sulfide) groups is 1.